The first-order chi connectivity index (χ1) is 11.8. The molecule has 2 aromatic carbocycles. The van der Waals surface area contributed by atoms with E-state index in [4.69, 9.17) is 0 Å². The maximum absolute atomic E-state index is 12.2. The van der Waals surface area contributed by atoms with Crippen molar-refractivity contribution in [3.63, 3.8) is 0 Å². The minimum Gasteiger partial charge on any atom is -0.339 e. The molecule has 0 atom stereocenters. The first kappa shape index (κ1) is 19.1. The van der Waals surface area contributed by atoms with Gasteiger partial charge in [-0.05, 0) is 61.4 Å². The Morgan fingerprint density at radius 3 is 2.52 bits per heavy atom. The van der Waals surface area contributed by atoms with Crippen molar-refractivity contribution in [2.45, 2.75) is 31.6 Å². The van der Waals surface area contributed by atoms with Gasteiger partial charge in [-0.3, -0.25) is 9.59 Å². The van der Waals surface area contributed by atoms with Crippen molar-refractivity contribution in [1.82, 2.24) is 4.90 Å². The van der Waals surface area contributed by atoms with Gasteiger partial charge < -0.3 is 10.2 Å². The molecule has 5 heteroatoms. The van der Waals surface area contributed by atoms with E-state index in [1.54, 1.807) is 14.1 Å². The average molecular weight is 356 g/mol. The van der Waals surface area contributed by atoms with Crippen LogP contribution in [0, 0.1) is 13.8 Å². The summed E-state index contributed by atoms with van der Waals surface area (Å²) < 4.78 is 0. The van der Waals surface area contributed by atoms with Crippen molar-refractivity contribution < 1.29 is 9.59 Å². The van der Waals surface area contributed by atoms with E-state index in [1.165, 1.54) is 21.6 Å². The van der Waals surface area contributed by atoms with E-state index in [1.807, 2.05) is 24.3 Å². The second-order valence-corrected chi connectivity index (χ2v) is 7.29. The van der Waals surface area contributed by atoms with Crippen LogP contribution in [0.1, 0.15) is 23.1 Å². The third-order valence-electron chi connectivity index (χ3n) is 3.81. The highest BCUT2D eigenvalue weighted by Crippen LogP contribution is 2.23. The van der Waals surface area contributed by atoms with Gasteiger partial charge >= 0.3 is 0 Å². The van der Waals surface area contributed by atoms with Crippen LogP contribution in [0.25, 0.3) is 0 Å². The first-order valence-electron chi connectivity index (χ1n) is 8.20. The summed E-state index contributed by atoms with van der Waals surface area (Å²) in [7, 11) is 3.43. The lowest BCUT2D eigenvalue weighted by molar-refractivity contribution is -0.116. The molecular formula is C20H24N2O2S. The third kappa shape index (κ3) is 5.94. The van der Waals surface area contributed by atoms with Gasteiger partial charge in [0.1, 0.15) is 0 Å². The number of hydrogen-bond acceptors (Lipinski definition) is 3. The highest BCUT2D eigenvalue weighted by atomic mass is 32.2. The van der Waals surface area contributed by atoms with Crippen LogP contribution in [0.5, 0.6) is 0 Å². The van der Waals surface area contributed by atoms with Crippen molar-refractivity contribution in [1.29, 1.82) is 0 Å². The van der Waals surface area contributed by atoms with Crippen molar-refractivity contribution in [3.05, 3.63) is 59.2 Å². The third-order valence-corrected chi connectivity index (χ3v) is 4.84. The van der Waals surface area contributed by atoms with E-state index in [9.17, 15) is 9.59 Å². The maximum atomic E-state index is 12.2. The van der Waals surface area contributed by atoms with Gasteiger partial charge in [-0.1, -0.05) is 29.8 Å². The molecule has 2 rings (SSSR count). The zero-order valence-corrected chi connectivity index (χ0v) is 15.9. The van der Waals surface area contributed by atoms with Gasteiger partial charge in [-0.25, -0.2) is 0 Å². The zero-order valence-electron chi connectivity index (χ0n) is 15.1. The molecule has 0 aliphatic carbocycles. The summed E-state index contributed by atoms with van der Waals surface area (Å²) in [5.74, 6) is -0.0268. The van der Waals surface area contributed by atoms with Crippen molar-refractivity contribution in [2.24, 2.45) is 0 Å². The Bertz CT molecular complexity index is 772. The fourth-order valence-electron chi connectivity index (χ4n) is 2.43. The molecule has 0 spiro atoms. The summed E-state index contributed by atoms with van der Waals surface area (Å²) >= 11 is 1.14. The number of carbonyl (C=O) groups excluding carboxylic acids is 2. The molecule has 25 heavy (non-hydrogen) atoms. The van der Waals surface area contributed by atoms with E-state index in [2.05, 4.69) is 37.4 Å². The Balaban J connectivity index is 1.93. The number of amides is 2. The van der Waals surface area contributed by atoms with Crippen LogP contribution in [0.15, 0.2) is 47.4 Å². The number of nitrogens with zero attached hydrogens (tertiary/aromatic N) is 1. The molecule has 2 aromatic rings. The lowest BCUT2D eigenvalue weighted by Crippen LogP contribution is -2.16. The topological polar surface area (TPSA) is 49.4 Å². The Labute approximate surface area is 153 Å². The molecule has 0 heterocycles. The Morgan fingerprint density at radius 2 is 1.84 bits per heavy atom. The summed E-state index contributed by atoms with van der Waals surface area (Å²) in [6.45, 7) is 4.14. The molecule has 2 amide bonds. The predicted molar refractivity (Wildman–Crippen MR) is 104 cm³/mol. The van der Waals surface area contributed by atoms with Gasteiger partial charge in [0.2, 0.25) is 5.91 Å². The highest BCUT2D eigenvalue weighted by molar-refractivity contribution is 8.13. The fourth-order valence-corrected chi connectivity index (χ4v) is 3.14. The SMILES string of the molecule is Cc1ccc(CCC(=O)Nc2cccc(SC(=O)N(C)C)c2)c(C)c1. The standard InChI is InChI=1S/C20H24N2O2S/c1-14-8-9-16(15(2)12-14)10-11-19(23)21-17-6-5-7-18(13-17)25-20(24)22(3)4/h5-9,12-13H,10-11H2,1-4H3,(H,21,23). The van der Waals surface area contributed by atoms with Gasteiger partial charge in [-0.15, -0.1) is 0 Å². The van der Waals surface area contributed by atoms with E-state index in [0.717, 1.165) is 16.7 Å². The van der Waals surface area contributed by atoms with E-state index in [0.29, 0.717) is 18.5 Å². The molecule has 4 nitrogen and oxygen atoms in total. The van der Waals surface area contributed by atoms with Crippen LogP contribution in [-0.4, -0.2) is 30.1 Å². The zero-order chi connectivity index (χ0) is 18.4. The van der Waals surface area contributed by atoms with Gasteiger partial charge in [-0.2, -0.15) is 0 Å². The summed E-state index contributed by atoms with van der Waals surface area (Å²) in [4.78, 5) is 26.3. The van der Waals surface area contributed by atoms with Crippen LogP contribution in [0.4, 0.5) is 10.5 Å². The minimum atomic E-state index is -0.0432. The normalized spacial score (nSPS) is 10.4. The molecular weight excluding hydrogens is 332 g/mol. The Morgan fingerprint density at radius 1 is 1.08 bits per heavy atom. The van der Waals surface area contributed by atoms with Gasteiger partial charge in [0.05, 0.1) is 0 Å². The van der Waals surface area contributed by atoms with E-state index >= 15 is 0 Å². The molecule has 0 aliphatic heterocycles. The molecule has 0 saturated carbocycles. The predicted octanol–water partition coefficient (Wildman–Crippen LogP) is 4.65. The van der Waals surface area contributed by atoms with Crippen LogP contribution in [-0.2, 0) is 11.2 Å². The van der Waals surface area contributed by atoms with E-state index < -0.39 is 0 Å². The quantitative estimate of drug-likeness (QED) is 0.794. The molecule has 0 bridgehead atoms. The first-order valence-corrected chi connectivity index (χ1v) is 9.02. The second kappa shape index (κ2) is 8.72. The molecule has 0 radical (unpaired) electrons. The van der Waals surface area contributed by atoms with Gasteiger partial charge in [0.25, 0.3) is 5.24 Å². The molecule has 0 aromatic heterocycles. The summed E-state index contributed by atoms with van der Waals surface area (Å²) in [6, 6.07) is 13.6. The van der Waals surface area contributed by atoms with Gasteiger partial charge in [0, 0.05) is 31.1 Å². The van der Waals surface area contributed by atoms with E-state index in [-0.39, 0.29) is 11.1 Å². The smallest absolute Gasteiger partial charge is 0.285 e. The van der Waals surface area contributed by atoms with Crippen LogP contribution < -0.4 is 5.32 Å². The van der Waals surface area contributed by atoms with Gasteiger partial charge in [0.15, 0.2) is 0 Å². The lowest BCUT2D eigenvalue weighted by atomic mass is 10.0. The van der Waals surface area contributed by atoms with Crippen molar-refractivity contribution in [2.75, 3.05) is 19.4 Å². The monoisotopic (exact) mass is 356 g/mol. The number of benzene rings is 2. The lowest BCUT2D eigenvalue weighted by Gasteiger charge is -2.11. The van der Waals surface area contributed by atoms with Crippen molar-refractivity contribution in [3.8, 4) is 0 Å². The van der Waals surface area contributed by atoms with Crippen LogP contribution in [0.2, 0.25) is 0 Å². The Kier molecular flexibility index (Phi) is 6.65. The van der Waals surface area contributed by atoms with Crippen LogP contribution >= 0.6 is 11.8 Å². The molecule has 1 N–H and O–H groups in total. The minimum absolute atomic E-state index is 0.0268. The molecule has 0 saturated heterocycles. The molecule has 132 valence electrons. The number of rotatable bonds is 5. The molecule has 0 aliphatic rings. The van der Waals surface area contributed by atoms with Crippen molar-refractivity contribution >= 4 is 28.6 Å². The molecule has 0 fully saturated rings. The summed E-state index contributed by atoms with van der Waals surface area (Å²) in [5, 5.41) is 2.87. The second-order valence-electron chi connectivity index (χ2n) is 6.27. The number of hydrogen-bond donors (Lipinski definition) is 1. The molecule has 0 unspecified atom stereocenters. The summed E-state index contributed by atoms with van der Waals surface area (Å²) in [5.41, 5.74) is 4.35. The largest absolute Gasteiger partial charge is 0.339 e. The fraction of sp³-hybridized carbons (Fsp3) is 0.300. The van der Waals surface area contributed by atoms with Crippen LogP contribution in [0.3, 0.4) is 0 Å². The number of anilines is 1. The Hall–Kier alpha value is -2.27. The number of aryl methyl sites for hydroxylation is 3. The summed E-state index contributed by atoms with van der Waals surface area (Å²) in [6.07, 6.45) is 1.14. The number of nitrogens with one attached hydrogen (secondary N) is 1. The number of carbonyl (C=O) groups is 2. The number of thioether (sulfide) groups is 1. The average Bonchev–Trinajstić information content (AvgIpc) is 2.54. The highest BCUT2D eigenvalue weighted by Gasteiger charge is 2.09. The maximum Gasteiger partial charge on any atom is 0.285 e.